The van der Waals surface area contributed by atoms with Gasteiger partial charge >= 0.3 is 0 Å². The van der Waals surface area contributed by atoms with Gasteiger partial charge in [-0.05, 0) is 31.7 Å². The lowest BCUT2D eigenvalue weighted by molar-refractivity contribution is -0.385. The van der Waals surface area contributed by atoms with Crippen molar-refractivity contribution in [1.29, 1.82) is 0 Å². The Morgan fingerprint density at radius 2 is 1.44 bits per heavy atom. The first-order chi connectivity index (χ1) is 11.9. The van der Waals surface area contributed by atoms with Crippen molar-refractivity contribution >= 4 is 11.4 Å². The highest BCUT2D eigenvalue weighted by Gasteiger charge is 2.13. The highest BCUT2D eigenvalue weighted by Crippen LogP contribution is 2.22. The van der Waals surface area contributed by atoms with Gasteiger partial charge in [0.15, 0.2) is 0 Å². The minimum Gasteiger partial charge on any atom is -0.492 e. The summed E-state index contributed by atoms with van der Waals surface area (Å²) in [6.45, 7) is 3.06. The largest absolute Gasteiger partial charge is 0.492 e. The molecule has 1 unspecified atom stereocenters. The van der Waals surface area contributed by atoms with Gasteiger partial charge in [0, 0.05) is 36.9 Å². The van der Waals surface area contributed by atoms with Gasteiger partial charge in [0.1, 0.15) is 12.4 Å². The molecule has 25 heavy (non-hydrogen) atoms. The Hall–Kier alpha value is -3.00. The second-order valence-corrected chi connectivity index (χ2v) is 5.60. The molecule has 0 aliphatic rings. The second-order valence-electron chi connectivity index (χ2n) is 5.60. The molecule has 8 heteroatoms. The Morgan fingerprint density at radius 1 is 0.960 bits per heavy atom. The molecule has 2 aromatic carbocycles. The molecule has 0 fully saturated rings. The summed E-state index contributed by atoms with van der Waals surface area (Å²) in [5.74, 6) is 0.571. The molecule has 8 nitrogen and oxygen atoms in total. The van der Waals surface area contributed by atoms with Crippen LogP contribution in [-0.4, -0.2) is 34.9 Å². The molecule has 2 aromatic rings. The molecule has 2 rings (SSSR count). The molecule has 0 radical (unpaired) electrons. The predicted molar refractivity (Wildman–Crippen MR) is 92.7 cm³/mol. The van der Waals surface area contributed by atoms with E-state index in [1.807, 2.05) is 14.0 Å². The normalized spacial score (nSPS) is 12.0. The molecular weight excluding hydrogens is 326 g/mol. The first-order valence-electron chi connectivity index (χ1n) is 7.70. The van der Waals surface area contributed by atoms with E-state index in [-0.39, 0.29) is 17.4 Å². The summed E-state index contributed by atoms with van der Waals surface area (Å²) >= 11 is 0. The van der Waals surface area contributed by atoms with Crippen LogP contribution in [0.5, 0.6) is 5.75 Å². The molecule has 0 aliphatic heterocycles. The number of likely N-dealkylation sites (N-methyl/N-ethyl adjacent to an activating group) is 1. The van der Waals surface area contributed by atoms with Gasteiger partial charge in [0.05, 0.1) is 9.85 Å². The second kappa shape index (κ2) is 8.20. The summed E-state index contributed by atoms with van der Waals surface area (Å²) < 4.78 is 5.59. The maximum absolute atomic E-state index is 10.7. The highest BCUT2D eigenvalue weighted by molar-refractivity contribution is 5.36. The fraction of sp³-hybridized carbons (Fsp3) is 0.294. The molecule has 0 saturated carbocycles. The summed E-state index contributed by atoms with van der Waals surface area (Å²) in [7, 11) is 1.94. The number of non-ortho nitro benzene ring substituents is 2. The first-order valence-corrected chi connectivity index (χ1v) is 7.70. The third kappa shape index (κ3) is 4.98. The number of nitro groups is 2. The zero-order chi connectivity index (χ0) is 18.4. The topological polar surface area (TPSA) is 98.8 Å². The fourth-order valence-corrected chi connectivity index (χ4v) is 2.29. The number of ether oxygens (including phenoxy) is 1. The van der Waals surface area contributed by atoms with E-state index in [4.69, 9.17) is 4.74 Å². The van der Waals surface area contributed by atoms with E-state index in [1.54, 1.807) is 24.3 Å². The lowest BCUT2D eigenvalue weighted by atomic mass is 10.1. The summed E-state index contributed by atoms with van der Waals surface area (Å²) in [6.07, 6.45) is 0. The molecule has 0 N–H and O–H groups in total. The molecule has 1 atom stereocenters. The molecule has 0 amide bonds. The maximum Gasteiger partial charge on any atom is 0.269 e. The molecule has 132 valence electrons. The van der Waals surface area contributed by atoms with Crippen LogP contribution >= 0.6 is 0 Å². The van der Waals surface area contributed by atoms with Gasteiger partial charge < -0.3 is 4.74 Å². The van der Waals surface area contributed by atoms with E-state index in [0.717, 1.165) is 5.56 Å². The molecule has 0 saturated heterocycles. The van der Waals surface area contributed by atoms with Crippen molar-refractivity contribution in [2.24, 2.45) is 0 Å². The van der Waals surface area contributed by atoms with Gasteiger partial charge in [-0.3, -0.25) is 25.1 Å². The van der Waals surface area contributed by atoms with Crippen LogP contribution in [0.2, 0.25) is 0 Å². The van der Waals surface area contributed by atoms with E-state index < -0.39 is 9.85 Å². The van der Waals surface area contributed by atoms with Gasteiger partial charge in [0.25, 0.3) is 11.4 Å². The Kier molecular flexibility index (Phi) is 6.02. The van der Waals surface area contributed by atoms with E-state index in [9.17, 15) is 20.2 Å². The third-order valence-corrected chi connectivity index (χ3v) is 4.01. The van der Waals surface area contributed by atoms with Crippen LogP contribution in [0.15, 0.2) is 48.5 Å². The summed E-state index contributed by atoms with van der Waals surface area (Å²) in [6, 6.07) is 12.5. The minimum absolute atomic E-state index is 0.0243. The fourth-order valence-electron chi connectivity index (χ4n) is 2.29. The van der Waals surface area contributed by atoms with Crippen LogP contribution in [0.1, 0.15) is 18.5 Å². The van der Waals surface area contributed by atoms with Crippen LogP contribution in [0, 0.1) is 20.2 Å². The number of nitrogens with zero attached hydrogens (tertiary/aromatic N) is 3. The quantitative estimate of drug-likeness (QED) is 0.536. The first kappa shape index (κ1) is 18.3. The van der Waals surface area contributed by atoms with Crippen molar-refractivity contribution in [3.8, 4) is 5.75 Å². The molecule has 0 aliphatic carbocycles. The van der Waals surface area contributed by atoms with E-state index in [2.05, 4.69) is 4.90 Å². The van der Waals surface area contributed by atoms with Gasteiger partial charge in [-0.15, -0.1) is 0 Å². The zero-order valence-corrected chi connectivity index (χ0v) is 14.0. The summed E-state index contributed by atoms with van der Waals surface area (Å²) in [5, 5.41) is 21.3. The average molecular weight is 345 g/mol. The molecule has 0 bridgehead atoms. The Morgan fingerprint density at radius 3 is 1.92 bits per heavy atom. The van der Waals surface area contributed by atoms with Crippen molar-refractivity contribution in [3.63, 3.8) is 0 Å². The van der Waals surface area contributed by atoms with Crippen LogP contribution in [0.25, 0.3) is 0 Å². The number of nitro benzene ring substituents is 2. The van der Waals surface area contributed by atoms with Crippen molar-refractivity contribution in [3.05, 3.63) is 74.3 Å². The number of rotatable bonds is 8. The van der Waals surface area contributed by atoms with Gasteiger partial charge in [-0.25, -0.2) is 0 Å². The van der Waals surface area contributed by atoms with Gasteiger partial charge in [0.2, 0.25) is 0 Å². The third-order valence-electron chi connectivity index (χ3n) is 4.01. The van der Waals surface area contributed by atoms with Crippen molar-refractivity contribution in [1.82, 2.24) is 4.90 Å². The van der Waals surface area contributed by atoms with E-state index in [1.165, 1.54) is 24.3 Å². The zero-order valence-electron chi connectivity index (χ0n) is 14.0. The standard InChI is InChI=1S/C17H19N3O5/c1-13(14-3-5-15(6-4-14)19(21)22)18(2)11-12-25-17-9-7-16(8-10-17)20(23)24/h3-10,13H,11-12H2,1-2H3. The minimum atomic E-state index is -0.455. The predicted octanol–water partition coefficient (Wildman–Crippen LogP) is 3.57. The highest BCUT2D eigenvalue weighted by atomic mass is 16.6. The summed E-state index contributed by atoms with van der Waals surface area (Å²) in [5.41, 5.74) is 1.07. The van der Waals surface area contributed by atoms with Crippen LogP contribution in [-0.2, 0) is 0 Å². The van der Waals surface area contributed by atoms with Crippen LogP contribution in [0.4, 0.5) is 11.4 Å². The van der Waals surface area contributed by atoms with E-state index in [0.29, 0.717) is 18.9 Å². The maximum atomic E-state index is 10.7. The Labute approximate surface area is 144 Å². The van der Waals surface area contributed by atoms with Crippen LogP contribution < -0.4 is 4.74 Å². The lowest BCUT2D eigenvalue weighted by Gasteiger charge is -2.25. The number of benzene rings is 2. The molecule has 0 spiro atoms. The van der Waals surface area contributed by atoms with Gasteiger partial charge in [-0.1, -0.05) is 12.1 Å². The van der Waals surface area contributed by atoms with Crippen LogP contribution in [0.3, 0.4) is 0 Å². The van der Waals surface area contributed by atoms with E-state index >= 15 is 0 Å². The average Bonchev–Trinajstić information content (AvgIpc) is 2.61. The number of hydrogen-bond donors (Lipinski definition) is 0. The SMILES string of the molecule is CC(c1ccc([N+](=O)[O-])cc1)N(C)CCOc1ccc([N+](=O)[O-])cc1. The Balaban J connectivity index is 1.85. The molecular formula is C17H19N3O5. The number of hydrogen-bond acceptors (Lipinski definition) is 6. The summed E-state index contributed by atoms with van der Waals surface area (Å²) in [4.78, 5) is 22.5. The monoisotopic (exact) mass is 345 g/mol. The Bertz CT molecular complexity index is 731. The molecule has 0 heterocycles. The van der Waals surface area contributed by atoms with Gasteiger partial charge in [-0.2, -0.15) is 0 Å². The smallest absolute Gasteiger partial charge is 0.269 e. The lowest BCUT2D eigenvalue weighted by Crippen LogP contribution is -2.27. The van der Waals surface area contributed by atoms with Crippen molar-refractivity contribution in [2.45, 2.75) is 13.0 Å². The molecule has 0 aromatic heterocycles. The van der Waals surface area contributed by atoms with Crippen molar-refractivity contribution in [2.75, 3.05) is 20.2 Å². The van der Waals surface area contributed by atoms with Crippen molar-refractivity contribution < 1.29 is 14.6 Å².